The number of hydrogen-bond donors (Lipinski definition) is 0. The summed E-state index contributed by atoms with van der Waals surface area (Å²) in [6.45, 7) is 9.05. The summed E-state index contributed by atoms with van der Waals surface area (Å²) in [6, 6.07) is 11.5. The quantitative estimate of drug-likeness (QED) is 0.254. The molecule has 0 bridgehead atoms. The van der Waals surface area contributed by atoms with Gasteiger partial charge >= 0.3 is 0 Å². The van der Waals surface area contributed by atoms with Gasteiger partial charge in [-0.05, 0) is 75.3 Å². The fraction of sp³-hybridized carbons (Fsp3) is 0.200. The van der Waals surface area contributed by atoms with E-state index in [1.165, 1.54) is 52.3 Å². The van der Waals surface area contributed by atoms with Crippen LogP contribution in [0.1, 0.15) is 31.9 Å². The van der Waals surface area contributed by atoms with Crippen LogP contribution in [0.15, 0.2) is 47.4 Å². The largest absolute Gasteiger partial charge is 0.236 e. The Labute approximate surface area is 186 Å². The Hall–Kier alpha value is -2.34. The molecule has 30 heavy (non-hydrogen) atoms. The molecule has 6 rings (SSSR count). The first-order valence-electron chi connectivity index (χ1n) is 9.97. The summed E-state index contributed by atoms with van der Waals surface area (Å²) in [5.41, 5.74) is 5.02. The van der Waals surface area contributed by atoms with Gasteiger partial charge in [-0.15, -0.1) is 34.0 Å². The Morgan fingerprint density at radius 2 is 1.73 bits per heavy atom. The van der Waals surface area contributed by atoms with E-state index in [1.807, 2.05) is 22.7 Å². The molecule has 0 spiro atoms. The number of aryl methyl sites for hydroxylation is 1. The monoisotopic (exact) mass is 444 g/mol. The van der Waals surface area contributed by atoms with Gasteiger partial charge in [-0.1, -0.05) is 20.8 Å². The normalized spacial score (nSPS) is 12.7. The molecule has 4 aromatic heterocycles. The molecule has 0 saturated carbocycles. The van der Waals surface area contributed by atoms with E-state index in [0.29, 0.717) is 0 Å². The van der Waals surface area contributed by atoms with E-state index in [0.717, 1.165) is 10.5 Å². The number of nitrogens with zero attached hydrogens (tertiary/aromatic N) is 2. The molecule has 0 atom stereocenters. The predicted octanol–water partition coefficient (Wildman–Crippen LogP) is 8.55. The van der Waals surface area contributed by atoms with Crippen LogP contribution in [-0.2, 0) is 5.41 Å². The minimum absolute atomic E-state index is 0.0721. The summed E-state index contributed by atoms with van der Waals surface area (Å²) in [5.74, 6) is 0. The summed E-state index contributed by atoms with van der Waals surface area (Å²) in [7, 11) is 0. The van der Waals surface area contributed by atoms with Gasteiger partial charge in [0, 0.05) is 30.4 Å². The maximum Gasteiger partial charge on any atom is 0.128 e. The van der Waals surface area contributed by atoms with E-state index in [4.69, 9.17) is 4.98 Å². The van der Waals surface area contributed by atoms with Crippen LogP contribution in [0.3, 0.4) is 0 Å². The third-order valence-electron chi connectivity index (χ3n) is 5.79. The summed E-state index contributed by atoms with van der Waals surface area (Å²) in [5, 5.41) is 9.53. The number of rotatable bonds is 1. The second-order valence-corrected chi connectivity index (χ2v) is 11.7. The highest BCUT2D eigenvalue weighted by Crippen LogP contribution is 2.43. The van der Waals surface area contributed by atoms with Crippen molar-refractivity contribution in [1.82, 2.24) is 9.97 Å². The first-order chi connectivity index (χ1) is 14.4. The van der Waals surface area contributed by atoms with Crippen molar-refractivity contribution in [1.29, 1.82) is 0 Å². The number of thiophene rings is 3. The molecule has 0 aliphatic rings. The zero-order valence-corrected chi connectivity index (χ0v) is 19.7. The van der Waals surface area contributed by atoms with Crippen LogP contribution in [-0.4, -0.2) is 9.97 Å². The fourth-order valence-electron chi connectivity index (χ4n) is 4.25. The molecule has 0 fully saturated rings. The van der Waals surface area contributed by atoms with E-state index in [1.54, 1.807) is 17.7 Å². The smallest absolute Gasteiger partial charge is 0.128 e. The van der Waals surface area contributed by atoms with Crippen molar-refractivity contribution in [3.05, 3.63) is 58.5 Å². The van der Waals surface area contributed by atoms with Crippen LogP contribution >= 0.6 is 34.0 Å². The van der Waals surface area contributed by atoms with Crippen molar-refractivity contribution in [2.75, 3.05) is 0 Å². The second-order valence-electron chi connectivity index (χ2n) is 8.88. The van der Waals surface area contributed by atoms with E-state index >= 15 is 0 Å². The summed E-state index contributed by atoms with van der Waals surface area (Å²) in [4.78, 5) is 10.5. The van der Waals surface area contributed by atoms with Crippen LogP contribution in [0.5, 0.6) is 0 Å². The fourth-order valence-corrected chi connectivity index (χ4v) is 7.38. The minimum Gasteiger partial charge on any atom is -0.236 e. The highest BCUT2D eigenvalue weighted by Gasteiger charge is 2.21. The van der Waals surface area contributed by atoms with Crippen LogP contribution < -0.4 is 0 Å². The third-order valence-corrected chi connectivity index (χ3v) is 8.88. The molecule has 4 heterocycles. The molecule has 5 heteroatoms. The van der Waals surface area contributed by atoms with Crippen molar-refractivity contribution in [2.24, 2.45) is 0 Å². The molecule has 0 unspecified atom stereocenters. The minimum atomic E-state index is 0.0721. The van der Waals surface area contributed by atoms with Gasteiger partial charge in [0.05, 0.1) is 5.69 Å². The maximum atomic E-state index is 4.80. The first-order valence-corrected chi connectivity index (χ1v) is 12.5. The SMILES string of the molecule is Cc1csc2cc3c(cc12)sc1ncnc(-c2cc(C(C)(C)C)c4sccc4c2)c13. The van der Waals surface area contributed by atoms with Gasteiger partial charge in [-0.25, -0.2) is 9.97 Å². The zero-order valence-electron chi connectivity index (χ0n) is 17.2. The molecule has 0 amide bonds. The van der Waals surface area contributed by atoms with Crippen molar-refractivity contribution >= 4 is 74.5 Å². The van der Waals surface area contributed by atoms with E-state index in [-0.39, 0.29) is 5.41 Å². The Morgan fingerprint density at radius 3 is 2.57 bits per heavy atom. The first kappa shape index (κ1) is 18.4. The molecule has 2 nitrogen and oxygen atoms in total. The molecule has 148 valence electrons. The standard InChI is InChI=1S/C25H20N2S3/c1-13-11-29-19-10-17-20(9-16(13)19)30-24-21(17)22(26-12-27-24)15-7-14-5-6-28-23(14)18(8-15)25(2,3)4/h5-12H,1-4H3. The van der Waals surface area contributed by atoms with Crippen molar-refractivity contribution < 1.29 is 0 Å². The summed E-state index contributed by atoms with van der Waals surface area (Å²) >= 11 is 5.41. The van der Waals surface area contributed by atoms with Crippen molar-refractivity contribution in [3.8, 4) is 11.3 Å². The van der Waals surface area contributed by atoms with Gasteiger partial charge in [0.15, 0.2) is 0 Å². The van der Waals surface area contributed by atoms with Gasteiger partial charge in [-0.3, -0.25) is 0 Å². The number of hydrogen-bond acceptors (Lipinski definition) is 5. The lowest BCUT2D eigenvalue weighted by molar-refractivity contribution is 0.597. The summed E-state index contributed by atoms with van der Waals surface area (Å²) < 4.78 is 3.99. The van der Waals surface area contributed by atoms with Crippen LogP contribution in [0.2, 0.25) is 0 Å². The van der Waals surface area contributed by atoms with E-state index in [9.17, 15) is 0 Å². The number of fused-ring (bicyclic) bond motifs is 5. The van der Waals surface area contributed by atoms with Gasteiger partial charge in [0.25, 0.3) is 0 Å². The zero-order chi connectivity index (χ0) is 20.6. The highest BCUT2D eigenvalue weighted by atomic mass is 32.1. The Kier molecular flexibility index (Phi) is 3.89. The molecular weight excluding hydrogens is 424 g/mol. The molecular formula is C25H20N2S3. The number of aromatic nitrogens is 2. The molecule has 0 saturated heterocycles. The Balaban J connectivity index is 1.71. The number of benzene rings is 2. The molecule has 6 aromatic rings. The van der Waals surface area contributed by atoms with Crippen LogP contribution in [0, 0.1) is 6.92 Å². The highest BCUT2D eigenvalue weighted by molar-refractivity contribution is 7.25. The molecule has 0 aliphatic carbocycles. The molecule has 2 aromatic carbocycles. The third kappa shape index (κ3) is 2.66. The molecule has 0 N–H and O–H groups in total. The Morgan fingerprint density at radius 1 is 0.900 bits per heavy atom. The second kappa shape index (κ2) is 6.33. The van der Waals surface area contributed by atoms with Gasteiger partial charge in [0.2, 0.25) is 0 Å². The topological polar surface area (TPSA) is 25.8 Å². The lowest BCUT2D eigenvalue weighted by atomic mass is 9.85. The van der Waals surface area contributed by atoms with Crippen molar-refractivity contribution in [3.63, 3.8) is 0 Å². The Bertz CT molecular complexity index is 1590. The summed E-state index contributed by atoms with van der Waals surface area (Å²) in [6.07, 6.45) is 1.72. The average molecular weight is 445 g/mol. The predicted molar refractivity (Wildman–Crippen MR) is 135 cm³/mol. The van der Waals surface area contributed by atoms with Gasteiger partial charge < -0.3 is 0 Å². The molecule has 0 aliphatic heterocycles. The lowest BCUT2D eigenvalue weighted by Crippen LogP contribution is -2.11. The van der Waals surface area contributed by atoms with Crippen LogP contribution in [0.4, 0.5) is 0 Å². The lowest BCUT2D eigenvalue weighted by Gasteiger charge is -2.21. The van der Waals surface area contributed by atoms with Gasteiger partial charge in [-0.2, -0.15) is 0 Å². The molecule has 0 radical (unpaired) electrons. The van der Waals surface area contributed by atoms with E-state index in [2.05, 4.69) is 73.8 Å². The average Bonchev–Trinajstić information content (AvgIpc) is 3.41. The van der Waals surface area contributed by atoms with Crippen LogP contribution in [0.25, 0.3) is 51.7 Å². The van der Waals surface area contributed by atoms with Gasteiger partial charge in [0.1, 0.15) is 11.2 Å². The van der Waals surface area contributed by atoms with Crippen molar-refractivity contribution in [2.45, 2.75) is 33.1 Å². The maximum absolute atomic E-state index is 4.80. The van der Waals surface area contributed by atoms with E-state index < -0.39 is 0 Å².